The number of hydrogen-bond donors (Lipinski definition) is 1. The number of likely N-dealkylation sites (N-methyl/N-ethyl adjacent to an activating group) is 1. The standard InChI is InChI=1S/C17H19N3/c1-18-17(16-9-10-20(2)19-16)12-13-7-8-14-5-3-4-6-15(14)11-13/h3-11,17-18H,12H2,1-2H3. The van der Waals surface area contributed by atoms with Gasteiger partial charge in [0, 0.05) is 13.2 Å². The van der Waals surface area contributed by atoms with Gasteiger partial charge in [-0.15, -0.1) is 0 Å². The molecule has 0 fully saturated rings. The minimum atomic E-state index is 0.248. The maximum Gasteiger partial charge on any atom is 0.0797 e. The molecule has 0 bridgehead atoms. The summed E-state index contributed by atoms with van der Waals surface area (Å²) in [6.45, 7) is 0. The first-order valence-corrected chi connectivity index (χ1v) is 6.91. The van der Waals surface area contributed by atoms with Crippen molar-refractivity contribution in [2.45, 2.75) is 12.5 Å². The summed E-state index contributed by atoms with van der Waals surface area (Å²) in [5, 5.41) is 10.4. The second-order valence-electron chi connectivity index (χ2n) is 5.14. The van der Waals surface area contributed by atoms with E-state index in [9.17, 15) is 0 Å². The van der Waals surface area contributed by atoms with E-state index in [2.05, 4.69) is 58.9 Å². The predicted molar refractivity (Wildman–Crippen MR) is 82.7 cm³/mol. The summed E-state index contributed by atoms with van der Waals surface area (Å²) in [7, 11) is 3.94. The zero-order valence-electron chi connectivity index (χ0n) is 11.9. The van der Waals surface area contributed by atoms with Gasteiger partial charge in [0.05, 0.1) is 11.7 Å². The van der Waals surface area contributed by atoms with Crippen LogP contribution >= 0.6 is 0 Å². The van der Waals surface area contributed by atoms with E-state index in [-0.39, 0.29) is 6.04 Å². The van der Waals surface area contributed by atoms with Gasteiger partial charge in [-0.05, 0) is 35.9 Å². The van der Waals surface area contributed by atoms with E-state index < -0.39 is 0 Å². The highest BCUT2D eigenvalue weighted by Gasteiger charge is 2.12. The van der Waals surface area contributed by atoms with Crippen molar-refractivity contribution < 1.29 is 0 Å². The highest BCUT2D eigenvalue weighted by atomic mass is 15.3. The van der Waals surface area contributed by atoms with Crippen LogP contribution in [0.25, 0.3) is 10.8 Å². The first-order chi connectivity index (χ1) is 9.76. The summed E-state index contributed by atoms with van der Waals surface area (Å²) in [6.07, 6.45) is 2.93. The molecule has 0 saturated carbocycles. The number of benzene rings is 2. The topological polar surface area (TPSA) is 29.9 Å². The van der Waals surface area contributed by atoms with Gasteiger partial charge in [-0.1, -0.05) is 42.5 Å². The van der Waals surface area contributed by atoms with Gasteiger partial charge in [-0.25, -0.2) is 0 Å². The first kappa shape index (κ1) is 12.9. The highest BCUT2D eigenvalue weighted by molar-refractivity contribution is 5.83. The quantitative estimate of drug-likeness (QED) is 0.785. The second-order valence-corrected chi connectivity index (χ2v) is 5.14. The van der Waals surface area contributed by atoms with Crippen molar-refractivity contribution in [2.75, 3.05) is 7.05 Å². The van der Waals surface area contributed by atoms with Crippen molar-refractivity contribution >= 4 is 10.8 Å². The smallest absolute Gasteiger partial charge is 0.0797 e. The van der Waals surface area contributed by atoms with Crippen molar-refractivity contribution in [3.05, 3.63) is 66.0 Å². The molecule has 1 atom stereocenters. The van der Waals surface area contributed by atoms with Crippen LogP contribution in [0.3, 0.4) is 0 Å². The third-order valence-corrected chi connectivity index (χ3v) is 3.69. The lowest BCUT2D eigenvalue weighted by atomic mass is 10.0. The van der Waals surface area contributed by atoms with Gasteiger partial charge in [0.25, 0.3) is 0 Å². The molecule has 0 amide bonds. The summed E-state index contributed by atoms with van der Waals surface area (Å²) < 4.78 is 1.85. The van der Waals surface area contributed by atoms with Crippen LogP contribution in [0.1, 0.15) is 17.3 Å². The summed E-state index contributed by atoms with van der Waals surface area (Å²) in [4.78, 5) is 0. The average molecular weight is 265 g/mol. The molecule has 3 heteroatoms. The molecule has 0 saturated heterocycles. The van der Waals surface area contributed by atoms with Gasteiger partial charge in [-0.2, -0.15) is 5.10 Å². The zero-order chi connectivity index (χ0) is 13.9. The molecule has 1 aromatic heterocycles. The maximum absolute atomic E-state index is 4.49. The number of hydrogen-bond acceptors (Lipinski definition) is 2. The Hall–Kier alpha value is -2.13. The van der Waals surface area contributed by atoms with E-state index in [1.807, 2.05) is 25.0 Å². The summed E-state index contributed by atoms with van der Waals surface area (Å²) in [5.74, 6) is 0. The lowest BCUT2D eigenvalue weighted by Gasteiger charge is -2.14. The molecular formula is C17H19N3. The minimum Gasteiger partial charge on any atom is -0.311 e. The fraction of sp³-hybridized carbons (Fsp3) is 0.235. The lowest BCUT2D eigenvalue weighted by molar-refractivity contribution is 0.563. The van der Waals surface area contributed by atoms with Crippen LogP contribution in [0, 0.1) is 0 Å². The molecule has 0 aliphatic rings. The normalized spacial score (nSPS) is 12.7. The van der Waals surface area contributed by atoms with Gasteiger partial charge in [0.2, 0.25) is 0 Å². The molecule has 1 heterocycles. The monoisotopic (exact) mass is 265 g/mol. The van der Waals surface area contributed by atoms with E-state index in [0.717, 1.165) is 12.1 Å². The van der Waals surface area contributed by atoms with Crippen LogP contribution < -0.4 is 5.32 Å². The number of fused-ring (bicyclic) bond motifs is 1. The Bertz CT molecular complexity index is 715. The van der Waals surface area contributed by atoms with Crippen LogP contribution in [-0.2, 0) is 13.5 Å². The maximum atomic E-state index is 4.49. The summed E-state index contributed by atoms with van der Waals surface area (Å²) in [6, 6.07) is 17.4. The van der Waals surface area contributed by atoms with Gasteiger partial charge in [0.1, 0.15) is 0 Å². The SMILES string of the molecule is CNC(Cc1ccc2ccccc2c1)c1ccn(C)n1. The van der Waals surface area contributed by atoms with Gasteiger partial charge in [-0.3, -0.25) is 4.68 Å². The predicted octanol–water partition coefficient (Wildman–Crippen LogP) is 3.08. The van der Waals surface area contributed by atoms with Crippen LogP contribution in [0.2, 0.25) is 0 Å². The molecule has 20 heavy (non-hydrogen) atoms. The van der Waals surface area contributed by atoms with E-state index in [1.165, 1.54) is 16.3 Å². The van der Waals surface area contributed by atoms with E-state index in [4.69, 9.17) is 0 Å². The largest absolute Gasteiger partial charge is 0.311 e. The van der Waals surface area contributed by atoms with Gasteiger partial charge >= 0.3 is 0 Å². The van der Waals surface area contributed by atoms with Crippen LogP contribution in [0.15, 0.2) is 54.7 Å². The molecule has 3 rings (SSSR count). The molecule has 1 N–H and O–H groups in total. The van der Waals surface area contributed by atoms with Crippen molar-refractivity contribution in [1.82, 2.24) is 15.1 Å². The van der Waals surface area contributed by atoms with Gasteiger partial charge in [0.15, 0.2) is 0 Å². The molecule has 3 nitrogen and oxygen atoms in total. The average Bonchev–Trinajstić information content (AvgIpc) is 2.91. The fourth-order valence-corrected chi connectivity index (χ4v) is 2.57. The highest BCUT2D eigenvalue weighted by Crippen LogP contribution is 2.20. The summed E-state index contributed by atoms with van der Waals surface area (Å²) in [5.41, 5.74) is 2.41. The van der Waals surface area contributed by atoms with Crippen molar-refractivity contribution in [3.8, 4) is 0 Å². The molecule has 102 valence electrons. The molecule has 0 aliphatic heterocycles. The Morgan fingerprint density at radius 1 is 1.10 bits per heavy atom. The fourth-order valence-electron chi connectivity index (χ4n) is 2.57. The third kappa shape index (κ3) is 2.58. The first-order valence-electron chi connectivity index (χ1n) is 6.91. The summed E-state index contributed by atoms with van der Waals surface area (Å²) >= 11 is 0. The number of aryl methyl sites for hydroxylation is 1. The lowest BCUT2D eigenvalue weighted by Crippen LogP contribution is -2.19. The van der Waals surface area contributed by atoms with Crippen molar-refractivity contribution in [3.63, 3.8) is 0 Å². The van der Waals surface area contributed by atoms with Crippen LogP contribution in [0.4, 0.5) is 0 Å². The second kappa shape index (κ2) is 5.47. The Balaban J connectivity index is 1.87. The molecule has 0 aliphatic carbocycles. The van der Waals surface area contributed by atoms with E-state index in [0.29, 0.717) is 0 Å². The Morgan fingerprint density at radius 3 is 2.60 bits per heavy atom. The van der Waals surface area contributed by atoms with E-state index in [1.54, 1.807) is 0 Å². The van der Waals surface area contributed by atoms with Crippen molar-refractivity contribution in [1.29, 1.82) is 0 Å². The van der Waals surface area contributed by atoms with Crippen molar-refractivity contribution in [2.24, 2.45) is 7.05 Å². The third-order valence-electron chi connectivity index (χ3n) is 3.69. The Morgan fingerprint density at radius 2 is 1.90 bits per heavy atom. The zero-order valence-corrected chi connectivity index (χ0v) is 11.9. The minimum absolute atomic E-state index is 0.248. The van der Waals surface area contributed by atoms with Crippen LogP contribution in [-0.4, -0.2) is 16.8 Å². The molecule has 0 spiro atoms. The molecule has 2 aromatic carbocycles. The number of nitrogens with one attached hydrogen (secondary N) is 1. The molecule has 3 aromatic rings. The molecular weight excluding hydrogens is 246 g/mol. The number of nitrogens with zero attached hydrogens (tertiary/aromatic N) is 2. The van der Waals surface area contributed by atoms with Gasteiger partial charge < -0.3 is 5.32 Å². The molecule has 0 radical (unpaired) electrons. The number of rotatable bonds is 4. The van der Waals surface area contributed by atoms with Crippen LogP contribution in [0.5, 0.6) is 0 Å². The Kier molecular flexibility index (Phi) is 3.52. The van der Waals surface area contributed by atoms with E-state index >= 15 is 0 Å². The Labute approximate surface area is 119 Å². The molecule has 1 unspecified atom stereocenters. The number of aromatic nitrogens is 2.